The number of benzene rings is 1. The predicted molar refractivity (Wildman–Crippen MR) is 122 cm³/mol. The molecule has 3 aromatic rings. The molecule has 1 atom stereocenters. The fourth-order valence-electron chi connectivity index (χ4n) is 4.63. The van der Waals surface area contributed by atoms with E-state index < -0.39 is 0 Å². The highest BCUT2D eigenvalue weighted by Gasteiger charge is 2.32. The number of anilines is 1. The molecule has 2 N–H and O–H groups in total. The summed E-state index contributed by atoms with van der Waals surface area (Å²) in [7, 11) is 0. The van der Waals surface area contributed by atoms with Crippen LogP contribution < -0.4 is 10.6 Å². The summed E-state index contributed by atoms with van der Waals surface area (Å²) in [5.74, 6) is 1.27. The lowest BCUT2D eigenvalue weighted by Gasteiger charge is -2.35. The van der Waals surface area contributed by atoms with Crippen LogP contribution in [0.1, 0.15) is 30.7 Å². The molecule has 0 spiro atoms. The number of carbonyl (C=O) groups excluding carboxylic acids is 1. The highest BCUT2D eigenvalue weighted by Crippen LogP contribution is 2.33. The number of nitrogens with zero attached hydrogens (tertiary/aromatic N) is 3. The molecule has 0 bridgehead atoms. The molecule has 1 aliphatic heterocycles. The molecule has 3 heterocycles. The Morgan fingerprint density at radius 2 is 2.03 bits per heavy atom. The van der Waals surface area contributed by atoms with Gasteiger partial charge in [-0.2, -0.15) is 0 Å². The zero-order chi connectivity index (χ0) is 21.2. The summed E-state index contributed by atoms with van der Waals surface area (Å²) in [6, 6.07) is 8.09. The highest BCUT2D eigenvalue weighted by molar-refractivity contribution is 7.14. The molecular formula is C23H27N5O2S. The van der Waals surface area contributed by atoms with E-state index in [1.807, 2.05) is 31.3 Å². The van der Waals surface area contributed by atoms with Gasteiger partial charge in [-0.15, -0.1) is 10.2 Å². The third kappa shape index (κ3) is 4.61. The minimum absolute atomic E-state index is 0.0426. The Bertz CT molecular complexity index is 1070. The monoisotopic (exact) mass is 437 g/mol. The SMILES string of the molecule is Cc1nnc(-c2ccc3cnc(NC(=O)C4CCC(C5CNCCO5)CC4)cc3c2)s1. The van der Waals surface area contributed by atoms with Gasteiger partial charge in [-0.1, -0.05) is 23.5 Å². The number of aryl methyl sites for hydroxylation is 1. The Labute approximate surface area is 185 Å². The zero-order valence-corrected chi connectivity index (χ0v) is 18.5. The summed E-state index contributed by atoms with van der Waals surface area (Å²) < 4.78 is 5.91. The van der Waals surface area contributed by atoms with Crippen LogP contribution in [0.5, 0.6) is 0 Å². The Kier molecular flexibility index (Phi) is 5.93. The molecule has 1 aromatic carbocycles. The number of ether oxygens (including phenoxy) is 1. The second-order valence-corrected chi connectivity index (χ2v) is 9.65. The lowest BCUT2D eigenvalue weighted by atomic mass is 9.78. The molecule has 1 aliphatic carbocycles. The van der Waals surface area contributed by atoms with E-state index in [0.717, 1.165) is 71.7 Å². The second-order valence-electron chi connectivity index (χ2n) is 8.47. The number of nitrogens with one attached hydrogen (secondary N) is 2. The molecule has 1 saturated carbocycles. The Morgan fingerprint density at radius 1 is 1.16 bits per heavy atom. The third-order valence-electron chi connectivity index (χ3n) is 6.37. The van der Waals surface area contributed by atoms with E-state index in [2.05, 4.69) is 31.9 Å². The van der Waals surface area contributed by atoms with Crippen molar-refractivity contribution >= 4 is 33.8 Å². The number of hydrogen-bond donors (Lipinski definition) is 2. The van der Waals surface area contributed by atoms with Gasteiger partial charge in [0.15, 0.2) is 0 Å². The van der Waals surface area contributed by atoms with Crippen molar-refractivity contribution in [2.24, 2.45) is 11.8 Å². The predicted octanol–water partition coefficient (Wildman–Crippen LogP) is 3.80. The molecule has 1 unspecified atom stereocenters. The van der Waals surface area contributed by atoms with Crippen LogP contribution in [0, 0.1) is 18.8 Å². The first-order chi connectivity index (χ1) is 15.2. The smallest absolute Gasteiger partial charge is 0.228 e. The normalized spacial score (nSPS) is 24.2. The Hall–Kier alpha value is -2.42. The first-order valence-corrected chi connectivity index (χ1v) is 11.8. The quantitative estimate of drug-likeness (QED) is 0.645. The van der Waals surface area contributed by atoms with E-state index >= 15 is 0 Å². The van der Waals surface area contributed by atoms with Gasteiger partial charge in [-0.25, -0.2) is 4.98 Å². The van der Waals surface area contributed by atoms with E-state index in [9.17, 15) is 4.79 Å². The van der Waals surface area contributed by atoms with Gasteiger partial charge in [0.1, 0.15) is 15.8 Å². The molecule has 5 rings (SSSR count). The van der Waals surface area contributed by atoms with Gasteiger partial charge in [-0.05, 0) is 56.0 Å². The van der Waals surface area contributed by atoms with Gasteiger partial charge in [0, 0.05) is 36.2 Å². The van der Waals surface area contributed by atoms with Crippen LogP contribution in [0.2, 0.25) is 0 Å². The number of amides is 1. The van der Waals surface area contributed by atoms with Crippen molar-refractivity contribution in [1.82, 2.24) is 20.5 Å². The average molecular weight is 438 g/mol. The number of carbonyl (C=O) groups is 1. The molecule has 8 heteroatoms. The number of morpholine rings is 1. The summed E-state index contributed by atoms with van der Waals surface area (Å²) >= 11 is 1.57. The van der Waals surface area contributed by atoms with Crippen molar-refractivity contribution < 1.29 is 9.53 Å². The fraction of sp³-hybridized carbons (Fsp3) is 0.478. The maximum Gasteiger partial charge on any atom is 0.228 e. The van der Waals surface area contributed by atoms with Crippen molar-refractivity contribution in [2.45, 2.75) is 38.7 Å². The van der Waals surface area contributed by atoms with Gasteiger partial charge in [0.25, 0.3) is 0 Å². The maximum atomic E-state index is 12.9. The van der Waals surface area contributed by atoms with Gasteiger partial charge >= 0.3 is 0 Å². The highest BCUT2D eigenvalue weighted by atomic mass is 32.1. The van der Waals surface area contributed by atoms with Crippen LogP contribution in [-0.2, 0) is 9.53 Å². The van der Waals surface area contributed by atoms with Crippen molar-refractivity contribution in [3.63, 3.8) is 0 Å². The topological polar surface area (TPSA) is 89.0 Å². The summed E-state index contributed by atoms with van der Waals surface area (Å²) in [4.78, 5) is 17.3. The molecule has 2 fully saturated rings. The lowest BCUT2D eigenvalue weighted by molar-refractivity contribution is -0.121. The minimum Gasteiger partial charge on any atom is -0.375 e. The number of aromatic nitrogens is 3. The third-order valence-corrected chi connectivity index (χ3v) is 7.26. The number of fused-ring (bicyclic) bond motifs is 1. The molecule has 162 valence electrons. The van der Waals surface area contributed by atoms with E-state index in [0.29, 0.717) is 17.8 Å². The molecule has 1 amide bonds. The number of hydrogen-bond acceptors (Lipinski definition) is 7. The van der Waals surface area contributed by atoms with E-state index in [1.165, 1.54) is 0 Å². The summed E-state index contributed by atoms with van der Waals surface area (Å²) in [6.45, 7) is 4.61. The van der Waals surface area contributed by atoms with Crippen molar-refractivity contribution in [1.29, 1.82) is 0 Å². The summed E-state index contributed by atoms with van der Waals surface area (Å²) in [5.41, 5.74) is 1.03. The van der Waals surface area contributed by atoms with Crippen molar-refractivity contribution in [3.8, 4) is 10.6 Å². The Balaban J connectivity index is 1.24. The largest absolute Gasteiger partial charge is 0.375 e. The Morgan fingerprint density at radius 3 is 2.77 bits per heavy atom. The molecule has 2 aliphatic rings. The number of pyridine rings is 1. The lowest BCUT2D eigenvalue weighted by Crippen LogP contribution is -2.44. The summed E-state index contributed by atoms with van der Waals surface area (Å²) in [6.07, 6.45) is 6.01. The molecule has 1 saturated heterocycles. The van der Waals surface area contributed by atoms with Gasteiger partial charge in [0.05, 0.1) is 12.7 Å². The first-order valence-electron chi connectivity index (χ1n) is 11.0. The average Bonchev–Trinajstić information content (AvgIpc) is 3.25. The minimum atomic E-state index is 0.0426. The molecule has 2 aromatic heterocycles. The van der Waals surface area contributed by atoms with Gasteiger partial charge < -0.3 is 15.4 Å². The van der Waals surface area contributed by atoms with Gasteiger partial charge in [0.2, 0.25) is 5.91 Å². The summed E-state index contributed by atoms with van der Waals surface area (Å²) in [5, 5.41) is 18.7. The zero-order valence-electron chi connectivity index (χ0n) is 17.6. The van der Waals surface area contributed by atoms with E-state index in [-0.39, 0.29) is 11.8 Å². The van der Waals surface area contributed by atoms with Crippen molar-refractivity contribution in [2.75, 3.05) is 25.0 Å². The fourth-order valence-corrected chi connectivity index (χ4v) is 5.31. The van der Waals surface area contributed by atoms with Gasteiger partial charge in [-0.3, -0.25) is 4.79 Å². The second kappa shape index (κ2) is 8.98. The molecule has 0 radical (unpaired) electrons. The molecule has 31 heavy (non-hydrogen) atoms. The van der Waals surface area contributed by atoms with Crippen LogP contribution in [0.3, 0.4) is 0 Å². The van der Waals surface area contributed by atoms with Crippen LogP contribution >= 0.6 is 11.3 Å². The molecular weight excluding hydrogens is 410 g/mol. The van der Waals surface area contributed by atoms with Crippen LogP contribution in [-0.4, -0.2) is 46.9 Å². The van der Waals surface area contributed by atoms with Crippen LogP contribution in [0.15, 0.2) is 30.5 Å². The van der Waals surface area contributed by atoms with Crippen molar-refractivity contribution in [3.05, 3.63) is 35.5 Å². The van der Waals surface area contributed by atoms with Crippen LogP contribution in [0.25, 0.3) is 21.3 Å². The maximum absolute atomic E-state index is 12.9. The molecule has 7 nitrogen and oxygen atoms in total. The first kappa shape index (κ1) is 20.5. The van der Waals surface area contributed by atoms with E-state index in [1.54, 1.807) is 11.3 Å². The standard InChI is InChI=1S/C23H27N5O2S/c1-14-27-28-23(31-14)17-6-7-18-12-25-21(11-19(18)10-17)26-22(29)16-4-2-15(3-5-16)20-13-24-8-9-30-20/h6-7,10-12,15-16,20,24H,2-5,8-9,13H2,1H3,(H,25,26,29). The number of rotatable bonds is 4. The van der Waals surface area contributed by atoms with E-state index in [4.69, 9.17) is 4.74 Å². The van der Waals surface area contributed by atoms with Crippen LogP contribution in [0.4, 0.5) is 5.82 Å².